The van der Waals surface area contributed by atoms with E-state index in [1.54, 1.807) is 0 Å². The third kappa shape index (κ3) is 5.71. The van der Waals surface area contributed by atoms with Crippen LogP contribution in [0, 0.1) is 5.92 Å². The van der Waals surface area contributed by atoms with Gasteiger partial charge in [-0.15, -0.1) is 6.58 Å². The standard InChI is InChI=1S/C10H16O2/c1-4-5-6-7-9(2)8-10(11)12-3/h4,6-7,9H,1,5,8H2,2-3H3/b7-6-. The summed E-state index contributed by atoms with van der Waals surface area (Å²) in [5.41, 5.74) is 0. The molecule has 0 aromatic heterocycles. The van der Waals surface area contributed by atoms with Crippen molar-refractivity contribution in [2.45, 2.75) is 19.8 Å². The Morgan fingerprint density at radius 1 is 1.67 bits per heavy atom. The molecule has 0 heterocycles. The smallest absolute Gasteiger partial charge is 0.306 e. The van der Waals surface area contributed by atoms with Crippen LogP contribution in [0.4, 0.5) is 0 Å². The number of rotatable bonds is 5. The average molecular weight is 168 g/mol. The zero-order chi connectivity index (χ0) is 9.40. The van der Waals surface area contributed by atoms with Crippen LogP contribution in [-0.4, -0.2) is 13.1 Å². The van der Waals surface area contributed by atoms with Crippen molar-refractivity contribution in [1.82, 2.24) is 0 Å². The predicted molar refractivity (Wildman–Crippen MR) is 49.8 cm³/mol. The fourth-order valence-electron chi connectivity index (χ4n) is 0.821. The summed E-state index contributed by atoms with van der Waals surface area (Å²) in [6, 6.07) is 0. The molecule has 0 aromatic rings. The molecule has 0 aliphatic carbocycles. The Bertz CT molecular complexity index is 171. The molecule has 0 fully saturated rings. The van der Waals surface area contributed by atoms with E-state index in [1.807, 2.05) is 25.2 Å². The first-order chi connectivity index (χ1) is 5.70. The monoisotopic (exact) mass is 168 g/mol. The predicted octanol–water partition coefficient (Wildman–Crippen LogP) is 2.32. The summed E-state index contributed by atoms with van der Waals surface area (Å²) in [5, 5.41) is 0. The lowest BCUT2D eigenvalue weighted by molar-refractivity contribution is -0.141. The average Bonchev–Trinajstić information content (AvgIpc) is 2.05. The molecule has 0 rings (SSSR count). The molecule has 2 nitrogen and oxygen atoms in total. The van der Waals surface area contributed by atoms with E-state index in [1.165, 1.54) is 7.11 Å². The van der Waals surface area contributed by atoms with E-state index in [9.17, 15) is 4.79 Å². The molecule has 0 aromatic carbocycles. The lowest BCUT2D eigenvalue weighted by atomic mass is 10.1. The summed E-state index contributed by atoms with van der Waals surface area (Å²) in [6.45, 7) is 5.57. The molecule has 0 N–H and O–H groups in total. The minimum absolute atomic E-state index is 0.161. The molecule has 1 unspecified atom stereocenters. The van der Waals surface area contributed by atoms with Crippen molar-refractivity contribution >= 4 is 5.97 Å². The molecule has 1 atom stereocenters. The highest BCUT2D eigenvalue weighted by Crippen LogP contribution is 2.05. The van der Waals surface area contributed by atoms with Crippen LogP contribution in [0.15, 0.2) is 24.8 Å². The van der Waals surface area contributed by atoms with Gasteiger partial charge < -0.3 is 4.74 Å². The Balaban J connectivity index is 3.64. The maximum Gasteiger partial charge on any atom is 0.306 e. The fourth-order valence-corrected chi connectivity index (χ4v) is 0.821. The van der Waals surface area contributed by atoms with E-state index in [0.29, 0.717) is 6.42 Å². The minimum Gasteiger partial charge on any atom is -0.469 e. The lowest BCUT2D eigenvalue weighted by Gasteiger charge is -2.02. The zero-order valence-electron chi connectivity index (χ0n) is 7.75. The van der Waals surface area contributed by atoms with E-state index in [-0.39, 0.29) is 11.9 Å². The molecular weight excluding hydrogens is 152 g/mol. The number of carbonyl (C=O) groups excluding carboxylic acids is 1. The number of methoxy groups -OCH3 is 1. The molecule has 0 saturated carbocycles. The van der Waals surface area contributed by atoms with Gasteiger partial charge in [-0.05, 0) is 12.3 Å². The Hall–Kier alpha value is -1.05. The van der Waals surface area contributed by atoms with Crippen LogP contribution in [0.25, 0.3) is 0 Å². The number of hydrogen-bond donors (Lipinski definition) is 0. The van der Waals surface area contributed by atoms with Gasteiger partial charge in [-0.25, -0.2) is 0 Å². The van der Waals surface area contributed by atoms with E-state index in [0.717, 1.165) is 6.42 Å². The maximum atomic E-state index is 10.8. The van der Waals surface area contributed by atoms with Crippen molar-refractivity contribution in [1.29, 1.82) is 0 Å². The summed E-state index contributed by atoms with van der Waals surface area (Å²) >= 11 is 0. The fraction of sp³-hybridized carbons (Fsp3) is 0.500. The highest BCUT2D eigenvalue weighted by molar-refractivity contribution is 5.69. The molecule has 0 bridgehead atoms. The van der Waals surface area contributed by atoms with Crippen molar-refractivity contribution in [2.75, 3.05) is 7.11 Å². The van der Waals surface area contributed by atoms with Gasteiger partial charge in [0.2, 0.25) is 0 Å². The maximum absolute atomic E-state index is 10.8. The summed E-state index contributed by atoms with van der Waals surface area (Å²) in [4.78, 5) is 10.8. The molecule has 68 valence electrons. The van der Waals surface area contributed by atoms with Crippen molar-refractivity contribution in [3.05, 3.63) is 24.8 Å². The summed E-state index contributed by atoms with van der Waals surface area (Å²) in [7, 11) is 1.41. The van der Waals surface area contributed by atoms with Crippen LogP contribution < -0.4 is 0 Å². The van der Waals surface area contributed by atoms with Gasteiger partial charge in [0.25, 0.3) is 0 Å². The molecular formula is C10H16O2. The summed E-state index contributed by atoms with van der Waals surface area (Å²) in [5.74, 6) is 0.0863. The molecule has 2 heteroatoms. The largest absolute Gasteiger partial charge is 0.469 e. The van der Waals surface area contributed by atoms with Crippen LogP contribution in [0.2, 0.25) is 0 Å². The number of esters is 1. The Kier molecular flexibility index (Phi) is 6.07. The van der Waals surface area contributed by atoms with Crippen molar-refractivity contribution in [3.8, 4) is 0 Å². The number of ether oxygens (including phenoxy) is 1. The van der Waals surface area contributed by atoms with E-state index in [2.05, 4.69) is 11.3 Å². The molecule has 0 aliphatic rings. The molecule has 0 amide bonds. The van der Waals surface area contributed by atoms with E-state index < -0.39 is 0 Å². The summed E-state index contributed by atoms with van der Waals surface area (Å²) < 4.78 is 4.53. The van der Waals surface area contributed by atoms with Crippen LogP contribution >= 0.6 is 0 Å². The first kappa shape index (κ1) is 11.0. The Morgan fingerprint density at radius 2 is 2.33 bits per heavy atom. The molecule has 0 spiro atoms. The number of hydrogen-bond acceptors (Lipinski definition) is 2. The third-order valence-electron chi connectivity index (χ3n) is 1.48. The van der Waals surface area contributed by atoms with Gasteiger partial charge in [-0.1, -0.05) is 25.2 Å². The Morgan fingerprint density at radius 3 is 2.83 bits per heavy atom. The van der Waals surface area contributed by atoms with Gasteiger partial charge in [-0.3, -0.25) is 4.79 Å². The van der Waals surface area contributed by atoms with Gasteiger partial charge in [0.05, 0.1) is 13.5 Å². The van der Waals surface area contributed by atoms with E-state index >= 15 is 0 Å². The van der Waals surface area contributed by atoms with Gasteiger partial charge in [0.15, 0.2) is 0 Å². The van der Waals surface area contributed by atoms with Gasteiger partial charge in [0, 0.05) is 0 Å². The highest BCUT2D eigenvalue weighted by atomic mass is 16.5. The molecule has 0 radical (unpaired) electrons. The molecule has 0 saturated heterocycles. The van der Waals surface area contributed by atoms with Gasteiger partial charge >= 0.3 is 5.97 Å². The second-order valence-corrected chi connectivity index (χ2v) is 2.71. The first-order valence-electron chi connectivity index (χ1n) is 4.05. The van der Waals surface area contributed by atoms with Gasteiger partial charge in [-0.2, -0.15) is 0 Å². The Labute approximate surface area is 73.9 Å². The van der Waals surface area contributed by atoms with Crippen LogP contribution in [0.5, 0.6) is 0 Å². The number of carbonyl (C=O) groups is 1. The second kappa shape index (κ2) is 6.65. The lowest BCUT2D eigenvalue weighted by Crippen LogP contribution is -2.04. The van der Waals surface area contributed by atoms with Crippen molar-refractivity contribution < 1.29 is 9.53 Å². The topological polar surface area (TPSA) is 26.3 Å². The van der Waals surface area contributed by atoms with Crippen LogP contribution in [-0.2, 0) is 9.53 Å². The summed E-state index contributed by atoms with van der Waals surface area (Å²) in [6.07, 6.45) is 7.12. The van der Waals surface area contributed by atoms with Crippen LogP contribution in [0.1, 0.15) is 19.8 Å². The minimum atomic E-state index is -0.161. The molecule has 12 heavy (non-hydrogen) atoms. The van der Waals surface area contributed by atoms with Gasteiger partial charge in [0.1, 0.15) is 0 Å². The van der Waals surface area contributed by atoms with E-state index in [4.69, 9.17) is 0 Å². The normalized spacial score (nSPS) is 12.8. The van der Waals surface area contributed by atoms with Crippen molar-refractivity contribution in [3.63, 3.8) is 0 Å². The third-order valence-corrected chi connectivity index (χ3v) is 1.48. The molecule has 0 aliphatic heterocycles. The zero-order valence-corrected chi connectivity index (χ0v) is 7.75. The number of allylic oxidation sites excluding steroid dienone is 3. The SMILES string of the molecule is C=CC/C=C\C(C)CC(=O)OC. The highest BCUT2D eigenvalue weighted by Gasteiger charge is 2.04. The van der Waals surface area contributed by atoms with Crippen LogP contribution in [0.3, 0.4) is 0 Å². The first-order valence-corrected chi connectivity index (χ1v) is 4.05. The van der Waals surface area contributed by atoms with Crippen molar-refractivity contribution in [2.24, 2.45) is 5.92 Å². The quantitative estimate of drug-likeness (QED) is 0.465. The second-order valence-electron chi connectivity index (χ2n) is 2.71.